The maximum Gasteiger partial charge on any atom is 0.260 e. The molecule has 5 aromatic rings. The van der Waals surface area contributed by atoms with Crippen LogP contribution in [0.15, 0.2) is 84.3 Å². The largest absolute Gasteiger partial charge is 0.389 e. The Labute approximate surface area is 202 Å². The van der Waals surface area contributed by atoms with E-state index in [1.54, 1.807) is 10.8 Å². The van der Waals surface area contributed by atoms with Gasteiger partial charge >= 0.3 is 0 Å². The van der Waals surface area contributed by atoms with Crippen LogP contribution in [0.25, 0.3) is 27.5 Å². The maximum atomic E-state index is 13.3. The Balaban J connectivity index is 1.24. The van der Waals surface area contributed by atoms with Crippen molar-refractivity contribution in [3.8, 4) is 11.1 Å². The quantitative estimate of drug-likeness (QED) is 0.382. The van der Waals surface area contributed by atoms with Crippen LogP contribution in [0.3, 0.4) is 0 Å². The molecule has 176 valence electrons. The van der Waals surface area contributed by atoms with Crippen molar-refractivity contribution >= 4 is 16.4 Å². The third kappa shape index (κ3) is 4.24. The number of aromatic nitrogens is 4. The van der Waals surface area contributed by atoms with Crippen LogP contribution in [-0.2, 0) is 13.1 Å². The predicted molar refractivity (Wildman–Crippen MR) is 136 cm³/mol. The van der Waals surface area contributed by atoms with Gasteiger partial charge in [0.2, 0.25) is 0 Å². The molecule has 0 atom stereocenters. The van der Waals surface area contributed by atoms with Gasteiger partial charge in [-0.05, 0) is 47.9 Å². The smallest absolute Gasteiger partial charge is 0.260 e. The SMILES string of the molecule is O=c1c2cncc(-c3ccccc3)c2ccn1Cc1cn2cc(CNCC3(O)CCC3)ccc2n1. The minimum atomic E-state index is -0.531. The number of rotatable bonds is 7. The van der Waals surface area contributed by atoms with E-state index in [4.69, 9.17) is 4.98 Å². The van der Waals surface area contributed by atoms with Gasteiger partial charge in [-0.2, -0.15) is 0 Å². The molecule has 6 rings (SSSR count). The molecule has 1 aliphatic carbocycles. The summed E-state index contributed by atoms with van der Waals surface area (Å²) in [6.45, 7) is 1.69. The van der Waals surface area contributed by atoms with Gasteiger partial charge in [0.1, 0.15) is 5.65 Å². The zero-order chi connectivity index (χ0) is 23.8. The molecule has 0 amide bonds. The molecule has 0 saturated heterocycles. The molecular weight excluding hydrogens is 438 g/mol. The van der Waals surface area contributed by atoms with E-state index in [1.807, 2.05) is 77.7 Å². The first-order valence-electron chi connectivity index (χ1n) is 12.0. The van der Waals surface area contributed by atoms with Crippen LogP contribution in [0.4, 0.5) is 0 Å². The lowest BCUT2D eigenvalue weighted by molar-refractivity contribution is -0.0314. The predicted octanol–water partition coefficient (Wildman–Crippen LogP) is 3.76. The molecule has 1 fully saturated rings. The van der Waals surface area contributed by atoms with Crippen molar-refractivity contribution in [2.24, 2.45) is 0 Å². The van der Waals surface area contributed by atoms with E-state index < -0.39 is 5.60 Å². The van der Waals surface area contributed by atoms with Gasteiger partial charge in [-0.3, -0.25) is 9.78 Å². The highest BCUT2D eigenvalue weighted by atomic mass is 16.3. The molecule has 35 heavy (non-hydrogen) atoms. The van der Waals surface area contributed by atoms with Gasteiger partial charge in [0.05, 0.1) is 23.2 Å². The summed E-state index contributed by atoms with van der Waals surface area (Å²) in [5, 5.41) is 15.1. The molecular formula is C28H27N5O2. The van der Waals surface area contributed by atoms with E-state index in [-0.39, 0.29) is 5.56 Å². The average molecular weight is 466 g/mol. The highest BCUT2D eigenvalue weighted by molar-refractivity contribution is 5.95. The number of pyridine rings is 3. The fourth-order valence-electron chi connectivity index (χ4n) is 4.83. The molecule has 1 saturated carbocycles. The Morgan fingerprint density at radius 3 is 2.66 bits per heavy atom. The van der Waals surface area contributed by atoms with Gasteiger partial charge in [-0.15, -0.1) is 0 Å². The van der Waals surface area contributed by atoms with E-state index in [9.17, 15) is 9.90 Å². The van der Waals surface area contributed by atoms with Gasteiger partial charge in [0.25, 0.3) is 5.56 Å². The summed E-state index contributed by atoms with van der Waals surface area (Å²) >= 11 is 0. The molecule has 1 aromatic carbocycles. The maximum absolute atomic E-state index is 13.3. The monoisotopic (exact) mass is 465 g/mol. The van der Waals surface area contributed by atoms with Gasteiger partial charge in [-0.25, -0.2) is 4.98 Å². The Bertz CT molecular complexity index is 1570. The summed E-state index contributed by atoms with van der Waals surface area (Å²) in [7, 11) is 0. The minimum absolute atomic E-state index is 0.0800. The Kier molecular flexibility index (Phi) is 5.43. The van der Waals surface area contributed by atoms with Crippen LogP contribution in [-0.4, -0.2) is 36.2 Å². The first-order chi connectivity index (χ1) is 17.1. The normalized spacial score (nSPS) is 14.9. The second-order valence-corrected chi connectivity index (χ2v) is 9.48. The third-order valence-electron chi connectivity index (χ3n) is 6.95. The van der Waals surface area contributed by atoms with Crippen molar-refractivity contribution in [1.82, 2.24) is 24.3 Å². The zero-order valence-electron chi connectivity index (χ0n) is 19.4. The molecule has 4 heterocycles. The number of hydrogen-bond donors (Lipinski definition) is 2. The van der Waals surface area contributed by atoms with Crippen molar-refractivity contribution in [2.45, 2.75) is 38.0 Å². The molecule has 2 N–H and O–H groups in total. The Morgan fingerprint density at radius 1 is 1.00 bits per heavy atom. The first-order valence-corrected chi connectivity index (χ1v) is 12.0. The van der Waals surface area contributed by atoms with Gasteiger partial charge < -0.3 is 19.4 Å². The summed E-state index contributed by atoms with van der Waals surface area (Å²) in [4.78, 5) is 22.3. The number of fused-ring (bicyclic) bond motifs is 2. The average Bonchev–Trinajstić information content (AvgIpc) is 3.27. The van der Waals surface area contributed by atoms with Crippen LogP contribution in [0, 0.1) is 0 Å². The lowest BCUT2D eigenvalue weighted by atomic mass is 9.80. The van der Waals surface area contributed by atoms with Crippen molar-refractivity contribution in [1.29, 1.82) is 0 Å². The topological polar surface area (TPSA) is 84.5 Å². The van der Waals surface area contributed by atoms with E-state index in [0.717, 1.165) is 52.7 Å². The third-order valence-corrected chi connectivity index (χ3v) is 6.95. The Hall–Kier alpha value is -3.81. The van der Waals surface area contributed by atoms with Crippen molar-refractivity contribution in [2.75, 3.05) is 6.54 Å². The Morgan fingerprint density at radius 2 is 1.86 bits per heavy atom. The molecule has 4 aromatic heterocycles. The fourth-order valence-corrected chi connectivity index (χ4v) is 4.83. The minimum Gasteiger partial charge on any atom is -0.389 e. The van der Waals surface area contributed by atoms with Crippen molar-refractivity contribution in [3.05, 3.63) is 101 Å². The van der Waals surface area contributed by atoms with E-state index in [1.165, 1.54) is 0 Å². The second-order valence-electron chi connectivity index (χ2n) is 9.48. The van der Waals surface area contributed by atoms with Crippen molar-refractivity contribution < 1.29 is 5.11 Å². The van der Waals surface area contributed by atoms with E-state index in [0.29, 0.717) is 25.0 Å². The van der Waals surface area contributed by atoms with Crippen LogP contribution in [0.1, 0.15) is 30.5 Å². The van der Waals surface area contributed by atoms with Crippen LogP contribution in [0.2, 0.25) is 0 Å². The molecule has 7 nitrogen and oxygen atoms in total. The summed E-state index contributed by atoms with van der Waals surface area (Å²) in [6, 6.07) is 16.0. The highest BCUT2D eigenvalue weighted by Gasteiger charge is 2.33. The lowest BCUT2D eigenvalue weighted by Gasteiger charge is -2.36. The van der Waals surface area contributed by atoms with Crippen LogP contribution >= 0.6 is 0 Å². The number of imidazole rings is 1. The summed E-state index contributed by atoms with van der Waals surface area (Å²) in [6.07, 6.45) is 12.2. The first kappa shape index (κ1) is 21.7. The van der Waals surface area contributed by atoms with Gasteiger partial charge in [0.15, 0.2) is 0 Å². The zero-order valence-corrected chi connectivity index (χ0v) is 19.4. The van der Waals surface area contributed by atoms with E-state index in [2.05, 4.69) is 10.3 Å². The number of hydrogen-bond acceptors (Lipinski definition) is 5. The molecule has 0 unspecified atom stereocenters. The molecule has 0 radical (unpaired) electrons. The number of aliphatic hydroxyl groups is 1. The number of nitrogens with zero attached hydrogens (tertiary/aromatic N) is 4. The molecule has 1 aliphatic rings. The van der Waals surface area contributed by atoms with Crippen molar-refractivity contribution in [3.63, 3.8) is 0 Å². The fraction of sp³-hybridized carbons (Fsp3) is 0.250. The summed E-state index contributed by atoms with van der Waals surface area (Å²) in [5.41, 5.74) is 4.14. The van der Waals surface area contributed by atoms with Gasteiger partial charge in [-0.1, -0.05) is 36.4 Å². The number of nitrogens with one attached hydrogen (secondary N) is 1. The highest BCUT2D eigenvalue weighted by Crippen LogP contribution is 2.30. The number of benzene rings is 1. The van der Waals surface area contributed by atoms with E-state index >= 15 is 0 Å². The molecule has 0 spiro atoms. The molecule has 0 bridgehead atoms. The van der Waals surface area contributed by atoms with Gasteiger partial charge in [0, 0.05) is 49.6 Å². The second kappa shape index (κ2) is 8.76. The molecule has 0 aliphatic heterocycles. The molecule has 7 heteroatoms. The standard InChI is InChI=1S/C28H27N5O2/c34-27-25-15-29-14-24(21-5-2-1-3-6-21)23(25)9-12-32(27)17-22-18-33-16-20(7-8-26(33)31-22)13-30-19-28(35)10-4-11-28/h1-3,5-9,12,14-16,18,30,35H,4,10-11,13,17,19H2. The van der Waals surface area contributed by atoms with Crippen LogP contribution in [0.5, 0.6) is 0 Å². The lowest BCUT2D eigenvalue weighted by Crippen LogP contribution is -2.45. The summed E-state index contributed by atoms with van der Waals surface area (Å²) < 4.78 is 3.67. The summed E-state index contributed by atoms with van der Waals surface area (Å²) in [5.74, 6) is 0. The van der Waals surface area contributed by atoms with Crippen LogP contribution < -0.4 is 10.9 Å².